The van der Waals surface area contributed by atoms with Crippen molar-refractivity contribution in [2.24, 2.45) is 5.73 Å². The van der Waals surface area contributed by atoms with Crippen molar-refractivity contribution in [2.75, 3.05) is 13.1 Å². The van der Waals surface area contributed by atoms with Gasteiger partial charge in [0, 0.05) is 23.2 Å². The molecule has 1 aromatic rings. The molecule has 0 amide bonds. The fraction of sp³-hybridized carbons (Fsp3) is 0.385. The summed E-state index contributed by atoms with van der Waals surface area (Å²) < 4.78 is 13.7. The van der Waals surface area contributed by atoms with Crippen molar-refractivity contribution in [1.82, 2.24) is 5.32 Å². The van der Waals surface area contributed by atoms with Crippen LogP contribution in [0.15, 0.2) is 30.4 Å². The second-order valence-corrected chi connectivity index (χ2v) is 4.14. The second kappa shape index (κ2) is 7.43. The zero-order valence-electron chi connectivity index (χ0n) is 9.92. The summed E-state index contributed by atoms with van der Waals surface area (Å²) in [4.78, 5) is 0. The van der Waals surface area contributed by atoms with E-state index in [0.29, 0.717) is 17.1 Å². The van der Waals surface area contributed by atoms with Gasteiger partial charge in [0.2, 0.25) is 0 Å². The summed E-state index contributed by atoms with van der Waals surface area (Å²) in [6.45, 7) is 3.03. The van der Waals surface area contributed by atoms with Crippen molar-refractivity contribution in [2.45, 2.75) is 19.4 Å². The zero-order chi connectivity index (χ0) is 12.7. The lowest BCUT2D eigenvalue weighted by atomic mass is 10.1. The summed E-state index contributed by atoms with van der Waals surface area (Å²) >= 11 is 5.99. The van der Waals surface area contributed by atoms with Crippen LogP contribution in [0.2, 0.25) is 5.02 Å². The first kappa shape index (κ1) is 14.2. The minimum Gasteiger partial charge on any atom is -0.329 e. The van der Waals surface area contributed by atoms with Gasteiger partial charge in [-0.3, -0.25) is 0 Å². The molecule has 17 heavy (non-hydrogen) atoms. The average Bonchev–Trinajstić information content (AvgIpc) is 2.31. The normalized spacial score (nSPS) is 13.2. The summed E-state index contributed by atoms with van der Waals surface area (Å²) in [7, 11) is 0. The molecule has 0 aliphatic rings. The Kier molecular flexibility index (Phi) is 6.19. The van der Waals surface area contributed by atoms with E-state index in [1.807, 2.05) is 19.1 Å². The molecular formula is C13H18ClFN2. The van der Waals surface area contributed by atoms with Crippen molar-refractivity contribution < 1.29 is 4.39 Å². The Morgan fingerprint density at radius 3 is 2.88 bits per heavy atom. The van der Waals surface area contributed by atoms with E-state index in [1.54, 1.807) is 12.1 Å². The topological polar surface area (TPSA) is 38.0 Å². The minimum atomic E-state index is -0.313. The van der Waals surface area contributed by atoms with Crippen molar-refractivity contribution in [3.05, 3.63) is 46.8 Å². The van der Waals surface area contributed by atoms with Crippen LogP contribution in [-0.4, -0.2) is 13.1 Å². The number of halogens is 2. The molecule has 94 valence electrons. The van der Waals surface area contributed by atoms with Crippen molar-refractivity contribution in [3.63, 3.8) is 0 Å². The number of nitrogens with one attached hydrogen (secondary N) is 1. The maximum atomic E-state index is 13.7. The van der Waals surface area contributed by atoms with Gasteiger partial charge < -0.3 is 11.1 Å². The highest BCUT2D eigenvalue weighted by Crippen LogP contribution is 2.25. The Labute approximate surface area is 107 Å². The number of hydrogen-bond donors (Lipinski definition) is 2. The van der Waals surface area contributed by atoms with Crippen LogP contribution in [-0.2, 0) is 0 Å². The van der Waals surface area contributed by atoms with Crippen LogP contribution >= 0.6 is 11.6 Å². The molecule has 0 heterocycles. The van der Waals surface area contributed by atoms with Crippen LogP contribution in [0.25, 0.3) is 0 Å². The van der Waals surface area contributed by atoms with Crippen LogP contribution in [0, 0.1) is 5.82 Å². The van der Waals surface area contributed by atoms with Gasteiger partial charge in [0.1, 0.15) is 5.82 Å². The van der Waals surface area contributed by atoms with Crippen LogP contribution < -0.4 is 11.1 Å². The van der Waals surface area contributed by atoms with E-state index in [-0.39, 0.29) is 11.9 Å². The third-order valence-corrected chi connectivity index (χ3v) is 2.85. The highest BCUT2D eigenvalue weighted by Gasteiger charge is 2.16. The number of rotatable bonds is 6. The van der Waals surface area contributed by atoms with Gasteiger partial charge in [0.05, 0.1) is 0 Å². The van der Waals surface area contributed by atoms with Gasteiger partial charge in [0.15, 0.2) is 0 Å². The van der Waals surface area contributed by atoms with Gasteiger partial charge in [-0.1, -0.05) is 29.8 Å². The van der Waals surface area contributed by atoms with Gasteiger partial charge in [-0.2, -0.15) is 0 Å². The standard InChI is InChI=1S/C13H18ClFN2/c1-2-3-4-8-17-12(9-16)13-10(14)6-5-7-11(13)15/h2-3,5-7,12,17H,4,8-9,16H2,1H3/b3-2+. The molecule has 1 unspecified atom stereocenters. The Morgan fingerprint density at radius 1 is 1.53 bits per heavy atom. The van der Waals surface area contributed by atoms with E-state index in [9.17, 15) is 4.39 Å². The fourth-order valence-electron chi connectivity index (χ4n) is 1.65. The fourth-order valence-corrected chi connectivity index (χ4v) is 1.95. The number of benzene rings is 1. The maximum Gasteiger partial charge on any atom is 0.129 e. The predicted molar refractivity (Wildman–Crippen MR) is 70.6 cm³/mol. The molecule has 1 atom stereocenters. The van der Waals surface area contributed by atoms with Gasteiger partial charge in [-0.05, 0) is 32.0 Å². The van der Waals surface area contributed by atoms with Crippen LogP contribution in [0.3, 0.4) is 0 Å². The number of nitrogens with two attached hydrogens (primary N) is 1. The second-order valence-electron chi connectivity index (χ2n) is 3.74. The van der Waals surface area contributed by atoms with Crippen molar-refractivity contribution >= 4 is 11.6 Å². The SMILES string of the molecule is C/C=C/CCNC(CN)c1c(F)cccc1Cl. The molecule has 4 heteroatoms. The zero-order valence-corrected chi connectivity index (χ0v) is 10.7. The van der Waals surface area contributed by atoms with Crippen LogP contribution in [0.4, 0.5) is 4.39 Å². The van der Waals surface area contributed by atoms with Gasteiger partial charge in [-0.25, -0.2) is 4.39 Å². The molecule has 0 bridgehead atoms. The van der Waals surface area contributed by atoms with E-state index in [0.717, 1.165) is 13.0 Å². The van der Waals surface area contributed by atoms with E-state index < -0.39 is 0 Å². The van der Waals surface area contributed by atoms with E-state index in [4.69, 9.17) is 17.3 Å². The molecule has 3 N–H and O–H groups in total. The predicted octanol–water partition coefficient (Wildman–Crippen LogP) is 3.03. The van der Waals surface area contributed by atoms with Gasteiger partial charge in [0.25, 0.3) is 0 Å². The molecular weight excluding hydrogens is 239 g/mol. The lowest BCUT2D eigenvalue weighted by Gasteiger charge is -2.18. The molecule has 0 saturated carbocycles. The van der Waals surface area contributed by atoms with Crippen LogP contribution in [0.1, 0.15) is 24.9 Å². The molecule has 1 rings (SSSR count). The monoisotopic (exact) mass is 256 g/mol. The molecule has 0 radical (unpaired) electrons. The largest absolute Gasteiger partial charge is 0.329 e. The Morgan fingerprint density at radius 2 is 2.29 bits per heavy atom. The maximum absolute atomic E-state index is 13.7. The number of hydrogen-bond acceptors (Lipinski definition) is 2. The summed E-state index contributed by atoms with van der Waals surface area (Å²) in [6.07, 6.45) is 4.91. The number of allylic oxidation sites excluding steroid dienone is 1. The molecule has 2 nitrogen and oxygen atoms in total. The lowest BCUT2D eigenvalue weighted by Crippen LogP contribution is -2.29. The van der Waals surface area contributed by atoms with E-state index in [1.165, 1.54) is 6.07 Å². The van der Waals surface area contributed by atoms with Crippen LogP contribution in [0.5, 0.6) is 0 Å². The Bertz CT molecular complexity index is 359. The summed E-state index contributed by atoms with van der Waals surface area (Å²) in [6, 6.07) is 4.43. The smallest absolute Gasteiger partial charge is 0.129 e. The first-order chi connectivity index (χ1) is 8.20. The molecule has 0 spiro atoms. The molecule has 0 aromatic heterocycles. The van der Waals surface area contributed by atoms with Crippen molar-refractivity contribution in [1.29, 1.82) is 0 Å². The molecule has 0 aliphatic heterocycles. The van der Waals surface area contributed by atoms with E-state index >= 15 is 0 Å². The van der Waals surface area contributed by atoms with E-state index in [2.05, 4.69) is 5.32 Å². The summed E-state index contributed by atoms with van der Waals surface area (Å²) in [5, 5.41) is 3.62. The summed E-state index contributed by atoms with van der Waals surface area (Å²) in [5.74, 6) is -0.313. The molecule has 1 aromatic carbocycles. The quantitative estimate of drug-likeness (QED) is 0.607. The highest BCUT2D eigenvalue weighted by atomic mass is 35.5. The molecule has 0 fully saturated rings. The van der Waals surface area contributed by atoms with Gasteiger partial charge in [-0.15, -0.1) is 0 Å². The summed E-state index contributed by atoms with van der Waals surface area (Å²) in [5.41, 5.74) is 6.11. The average molecular weight is 257 g/mol. The lowest BCUT2D eigenvalue weighted by molar-refractivity contribution is 0.511. The third-order valence-electron chi connectivity index (χ3n) is 2.52. The first-order valence-electron chi connectivity index (χ1n) is 5.69. The minimum absolute atomic E-state index is 0.242. The van der Waals surface area contributed by atoms with Gasteiger partial charge >= 0.3 is 0 Å². The van der Waals surface area contributed by atoms with Crippen molar-refractivity contribution in [3.8, 4) is 0 Å². The first-order valence-corrected chi connectivity index (χ1v) is 6.07. The highest BCUT2D eigenvalue weighted by molar-refractivity contribution is 6.31. The Hall–Kier alpha value is -0.900. The Balaban J connectivity index is 2.72. The third kappa shape index (κ3) is 4.11. The molecule has 0 aliphatic carbocycles. The molecule has 0 saturated heterocycles.